The number of nitrogens with zero attached hydrogens (tertiary/aromatic N) is 7. The van der Waals surface area contributed by atoms with Crippen LogP contribution in [-0.4, -0.2) is 60.2 Å². The van der Waals surface area contributed by atoms with Crippen molar-refractivity contribution in [1.29, 1.82) is 0 Å². The lowest BCUT2D eigenvalue weighted by Gasteiger charge is -2.36. The second-order valence-electron chi connectivity index (χ2n) is 6.02. The van der Waals surface area contributed by atoms with Gasteiger partial charge >= 0.3 is 0 Å². The molecule has 0 aliphatic carbocycles. The van der Waals surface area contributed by atoms with Crippen molar-refractivity contribution in [3.63, 3.8) is 0 Å². The van der Waals surface area contributed by atoms with Crippen LogP contribution in [-0.2, 0) is 0 Å². The van der Waals surface area contributed by atoms with Gasteiger partial charge < -0.3 is 14.7 Å². The summed E-state index contributed by atoms with van der Waals surface area (Å²) in [5, 5.41) is 0. The molecule has 23 heavy (non-hydrogen) atoms. The van der Waals surface area contributed by atoms with Gasteiger partial charge in [-0.05, 0) is 13.8 Å². The molecule has 1 aliphatic rings. The summed E-state index contributed by atoms with van der Waals surface area (Å²) >= 11 is 0. The Kier molecular flexibility index (Phi) is 4.27. The van der Waals surface area contributed by atoms with E-state index in [-0.39, 0.29) is 0 Å². The predicted octanol–water partition coefficient (Wildman–Crippen LogP) is 1.28. The fourth-order valence-electron chi connectivity index (χ4n) is 2.78. The van der Waals surface area contributed by atoms with Crippen molar-refractivity contribution in [3.05, 3.63) is 30.0 Å². The van der Waals surface area contributed by atoms with Gasteiger partial charge in [0.25, 0.3) is 0 Å². The quantitative estimate of drug-likeness (QED) is 0.846. The zero-order chi connectivity index (χ0) is 16.4. The number of rotatable bonds is 3. The standard InChI is InChI=1S/C16H23N7/c1-12-9-16(20-13(2)19-12)23-7-5-22(6-8-23)15-10-14(21(3)4)17-11-18-15/h9-11H,5-8H2,1-4H3. The van der Waals surface area contributed by atoms with Crippen LogP contribution < -0.4 is 14.7 Å². The van der Waals surface area contributed by atoms with Crippen LogP contribution in [0.4, 0.5) is 17.5 Å². The Hall–Kier alpha value is -2.44. The fourth-order valence-corrected chi connectivity index (χ4v) is 2.78. The summed E-state index contributed by atoms with van der Waals surface area (Å²) in [4.78, 5) is 24.2. The SMILES string of the molecule is Cc1cc(N2CCN(c3cc(N(C)C)ncn3)CC2)nc(C)n1. The number of piperazine rings is 1. The summed E-state index contributed by atoms with van der Waals surface area (Å²) in [5.41, 5.74) is 1.02. The Morgan fingerprint density at radius 1 is 0.870 bits per heavy atom. The summed E-state index contributed by atoms with van der Waals surface area (Å²) in [6.45, 7) is 7.65. The van der Waals surface area contributed by atoms with Gasteiger partial charge in [0.05, 0.1) is 0 Å². The molecule has 0 spiro atoms. The molecular weight excluding hydrogens is 290 g/mol. The van der Waals surface area contributed by atoms with Crippen LogP contribution in [0, 0.1) is 13.8 Å². The van der Waals surface area contributed by atoms with Crippen molar-refractivity contribution in [2.24, 2.45) is 0 Å². The maximum absolute atomic E-state index is 4.56. The van der Waals surface area contributed by atoms with E-state index in [1.807, 2.05) is 38.9 Å². The molecule has 0 atom stereocenters. The van der Waals surface area contributed by atoms with E-state index in [4.69, 9.17) is 0 Å². The lowest BCUT2D eigenvalue weighted by Crippen LogP contribution is -2.47. The topological polar surface area (TPSA) is 61.3 Å². The largest absolute Gasteiger partial charge is 0.363 e. The van der Waals surface area contributed by atoms with Crippen LogP contribution >= 0.6 is 0 Å². The summed E-state index contributed by atoms with van der Waals surface area (Å²) < 4.78 is 0. The van der Waals surface area contributed by atoms with E-state index in [1.54, 1.807) is 6.33 Å². The number of hydrogen-bond acceptors (Lipinski definition) is 7. The molecule has 1 fully saturated rings. The second kappa shape index (κ2) is 6.36. The van der Waals surface area contributed by atoms with E-state index in [0.717, 1.165) is 55.2 Å². The van der Waals surface area contributed by atoms with Gasteiger partial charge in [0.15, 0.2) is 0 Å². The highest BCUT2D eigenvalue weighted by Gasteiger charge is 2.20. The van der Waals surface area contributed by atoms with Crippen LogP contribution in [0.25, 0.3) is 0 Å². The minimum Gasteiger partial charge on any atom is -0.363 e. The van der Waals surface area contributed by atoms with Crippen molar-refractivity contribution >= 4 is 17.5 Å². The van der Waals surface area contributed by atoms with Gasteiger partial charge in [-0.2, -0.15) is 0 Å². The van der Waals surface area contributed by atoms with Crippen LogP contribution in [0.5, 0.6) is 0 Å². The molecule has 0 saturated carbocycles. The Bertz CT molecular complexity index is 658. The average molecular weight is 313 g/mol. The molecule has 0 radical (unpaired) electrons. The van der Waals surface area contributed by atoms with Gasteiger partial charge in [-0.1, -0.05) is 0 Å². The zero-order valence-corrected chi connectivity index (χ0v) is 14.2. The van der Waals surface area contributed by atoms with Crippen molar-refractivity contribution in [3.8, 4) is 0 Å². The molecule has 0 aromatic carbocycles. The van der Waals surface area contributed by atoms with Crippen LogP contribution in [0.3, 0.4) is 0 Å². The maximum atomic E-state index is 4.56. The van der Waals surface area contributed by atoms with E-state index < -0.39 is 0 Å². The van der Waals surface area contributed by atoms with Gasteiger partial charge in [0.1, 0.15) is 29.6 Å². The fraction of sp³-hybridized carbons (Fsp3) is 0.500. The van der Waals surface area contributed by atoms with Crippen molar-refractivity contribution in [1.82, 2.24) is 19.9 Å². The van der Waals surface area contributed by atoms with Crippen molar-refractivity contribution in [2.75, 3.05) is 55.0 Å². The Labute approximate surface area is 137 Å². The highest BCUT2D eigenvalue weighted by Crippen LogP contribution is 2.20. The highest BCUT2D eigenvalue weighted by molar-refractivity contribution is 5.51. The molecule has 1 saturated heterocycles. The first-order valence-corrected chi connectivity index (χ1v) is 7.84. The van der Waals surface area contributed by atoms with Gasteiger partial charge in [0.2, 0.25) is 0 Å². The summed E-state index contributed by atoms with van der Waals surface area (Å²) in [6.07, 6.45) is 1.63. The number of anilines is 3. The van der Waals surface area contributed by atoms with E-state index in [1.165, 1.54) is 0 Å². The minimum atomic E-state index is 0.828. The highest BCUT2D eigenvalue weighted by atomic mass is 15.3. The van der Waals surface area contributed by atoms with Crippen LogP contribution in [0.1, 0.15) is 11.5 Å². The van der Waals surface area contributed by atoms with Gasteiger partial charge in [-0.25, -0.2) is 19.9 Å². The molecule has 0 unspecified atom stereocenters. The molecule has 0 bridgehead atoms. The molecule has 2 aromatic heterocycles. The molecule has 3 heterocycles. The molecule has 0 amide bonds. The van der Waals surface area contributed by atoms with Crippen LogP contribution in [0.15, 0.2) is 18.5 Å². The smallest absolute Gasteiger partial charge is 0.134 e. The first-order chi connectivity index (χ1) is 11.0. The number of hydrogen-bond donors (Lipinski definition) is 0. The molecule has 7 heteroatoms. The summed E-state index contributed by atoms with van der Waals surface area (Å²) in [5.74, 6) is 3.76. The Balaban J connectivity index is 1.69. The number of aryl methyl sites for hydroxylation is 2. The van der Waals surface area contributed by atoms with E-state index in [9.17, 15) is 0 Å². The molecule has 1 aliphatic heterocycles. The third-order valence-corrected chi connectivity index (χ3v) is 3.98. The van der Waals surface area contributed by atoms with Gasteiger partial charge in [-0.15, -0.1) is 0 Å². The molecule has 2 aromatic rings. The Morgan fingerprint density at radius 3 is 2.13 bits per heavy atom. The lowest BCUT2D eigenvalue weighted by atomic mass is 10.3. The average Bonchev–Trinajstić information content (AvgIpc) is 2.54. The van der Waals surface area contributed by atoms with Gasteiger partial charge in [0, 0.05) is 58.1 Å². The van der Waals surface area contributed by atoms with E-state index >= 15 is 0 Å². The minimum absolute atomic E-state index is 0.828. The molecule has 122 valence electrons. The normalized spacial score (nSPS) is 15.0. The third-order valence-electron chi connectivity index (χ3n) is 3.98. The molecule has 3 rings (SSSR count). The van der Waals surface area contributed by atoms with E-state index in [0.29, 0.717) is 0 Å². The second-order valence-corrected chi connectivity index (χ2v) is 6.02. The summed E-state index contributed by atoms with van der Waals surface area (Å²) in [7, 11) is 3.98. The summed E-state index contributed by atoms with van der Waals surface area (Å²) in [6, 6.07) is 4.09. The van der Waals surface area contributed by atoms with E-state index in [2.05, 4.69) is 35.8 Å². The van der Waals surface area contributed by atoms with Crippen LogP contribution in [0.2, 0.25) is 0 Å². The lowest BCUT2D eigenvalue weighted by molar-refractivity contribution is 0.639. The zero-order valence-electron chi connectivity index (χ0n) is 14.2. The van der Waals surface area contributed by atoms with Crippen molar-refractivity contribution in [2.45, 2.75) is 13.8 Å². The third kappa shape index (κ3) is 3.49. The molecule has 7 nitrogen and oxygen atoms in total. The first kappa shape index (κ1) is 15.5. The maximum Gasteiger partial charge on any atom is 0.134 e. The number of aromatic nitrogens is 4. The predicted molar refractivity (Wildman–Crippen MR) is 92.3 cm³/mol. The Morgan fingerprint density at radius 2 is 1.52 bits per heavy atom. The first-order valence-electron chi connectivity index (χ1n) is 7.84. The van der Waals surface area contributed by atoms with Gasteiger partial charge in [-0.3, -0.25) is 0 Å². The van der Waals surface area contributed by atoms with Crippen molar-refractivity contribution < 1.29 is 0 Å². The molecule has 0 N–H and O–H groups in total. The molecular formula is C16H23N7. The monoisotopic (exact) mass is 313 g/mol.